The van der Waals surface area contributed by atoms with Crippen molar-refractivity contribution in [3.8, 4) is 0 Å². The van der Waals surface area contributed by atoms with Gasteiger partial charge in [-0.3, -0.25) is 5.10 Å². The zero-order chi connectivity index (χ0) is 12.1. The van der Waals surface area contributed by atoms with Crippen molar-refractivity contribution in [2.24, 2.45) is 0 Å². The van der Waals surface area contributed by atoms with E-state index in [1.807, 2.05) is 0 Å². The molecule has 0 spiro atoms. The average molecular weight is 236 g/mol. The highest BCUT2D eigenvalue weighted by Gasteiger charge is 2.15. The van der Waals surface area contributed by atoms with Crippen LogP contribution in [0.25, 0.3) is 0 Å². The van der Waals surface area contributed by atoms with Crippen molar-refractivity contribution >= 4 is 5.97 Å². The van der Waals surface area contributed by atoms with Crippen molar-refractivity contribution in [2.45, 2.75) is 13.1 Å². The number of furan rings is 1. The van der Waals surface area contributed by atoms with Gasteiger partial charge in [0.25, 0.3) is 0 Å². The summed E-state index contributed by atoms with van der Waals surface area (Å²) in [7, 11) is 1.32. The van der Waals surface area contributed by atoms with Gasteiger partial charge in [0.2, 0.25) is 5.76 Å². The maximum Gasteiger partial charge on any atom is 0.374 e. The lowest BCUT2D eigenvalue weighted by atomic mass is 10.2. The Kier molecular flexibility index (Phi) is 3.51. The fourth-order valence-corrected chi connectivity index (χ4v) is 1.38. The maximum atomic E-state index is 11.3. The SMILES string of the molecule is COC(=O)c1occc1CNCc1ncn[nH]1. The van der Waals surface area contributed by atoms with E-state index in [0.29, 0.717) is 13.1 Å². The van der Waals surface area contributed by atoms with Crippen molar-refractivity contribution in [3.05, 3.63) is 35.8 Å². The number of hydrogen-bond acceptors (Lipinski definition) is 6. The summed E-state index contributed by atoms with van der Waals surface area (Å²) in [6.07, 6.45) is 2.90. The van der Waals surface area contributed by atoms with Gasteiger partial charge in [0.1, 0.15) is 12.2 Å². The maximum absolute atomic E-state index is 11.3. The van der Waals surface area contributed by atoms with E-state index in [4.69, 9.17) is 4.42 Å². The summed E-state index contributed by atoms with van der Waals surface area (Å²) in [5, 5.41) is 9.56. The number of carbonyl (C=O) groups excluding carboxylic acids is 1. The lowest BCUT2D eigenvalue weighted by Gasteiger charge is -2.02. The van der Waals surface area contributed by atoms with Crippen LogP contribution in [0, 0.1) is 0 Å². The molecule has 2 aromatic heterocycles. The van der Waals surface area contributed by atoms with Gasteiger partial charge in [-0.15, -0.1) is 0 Å². The van der Waals surface area contributed by atoms with Gasteiger partial charge in [-0.05, 0) is 6.07 Å². The fraction of sp³-hybridized carbons (Fsp3) is 0.300. The van der Waals surface area contributed by atoms with Crippen LogP contribution in [-0.2, 0) is 17.8 Å². The minimum Gasteiger partial charge on any atom is -0.463 e. The van der Waals surface area contributed by atoms with Gasteiger partial charge in [-0.2, -0.15) is 5.10 Å². The number of ether oxygens (including phenoxy) is 1. The fourth-order valence-electron chi connectivity index (χ4n) is 1.38. The van der Waals surface area contributed by atoms with Crippen molar-refractivity contribution in [1.82, 2.24) is 20.5 Å². The molecule has 0 bridgehead atoms. The highest BCUT2D eigenvalue weighted by atomic mass is 16.5. The molecular weight excluding hydrogens is 224 g/mol. The molecule has 0 saturated carbocycles. The Morgan fingerprint density at radius 3 is 3.18 bits per heavy atom. The third-order valence-corrected chi connectivity index (χ3v) is 2.19. The van der Waals surface area contributed by atoms with Crippen LogP contribution in [0.3, 0.4) is 0 Å². The van der Waals surface area contributed by atoms with E-state index in [9.17, 15) is 4.79 Å². The second-order valence-corrected chi connectivity index (χ2v) is 3.30. The molecule has 2 N–H and O–H groups in total. The van der Waals surface area contributed by atoms with Crippen LogP contribution in [0.4, 0.5) is 0 Å². The van der Waals surface area contributed by atoms with Crippen LogP contribution in [0.1, 0.15) is 21.9 Å². The molecule has 0 saturated heterocycles. The first-order chi connectivity index (χ1) is 8.31. The Bertz CT molecular complexity index is 477. The first-order valence-electron chi connectivity index (χ1n) is 5.01. The predicted molar refractivity (Wildman–Crippen MR) is 57.0 cm³/mol. The van der Waals surface area contributed by atoms with Crippen molar-refractivity contribution in [1.29, 1.82) is 0 Å². The number of hydrogen-bond donors (Lipinski definition) is 2. The summed E-state index contributed by atoms with van der Waals surface area (Å²) in [4.78, 5) is 15.3. The number of carbonyl (C=O) groups is 1. The van der Waals surface area contributed by atoms with Gasteiger partial charge >= 0.3 is 5.97 Å². The first-order valence-corrected chi connectivity index (χ1v) is 5.01. The molecule has 17 heavy (non-hydrogen) atoms. The number of H-pyrrole nitrogens is 1. The van der Waals surface area contributed by atoms with E-state index in [0.717, 1.165) is 11.4 Å². The van der Waals surface area contributed by atoms with Crippen LogP contribution < -0.4 is 5.32 Å². The van der Waals surface area contributed by atoms with Crippen LogP contribution in [0.15, 0.2) is 23.1 Å². The Balaban J connectivity index is 1.91. The van der Waals surface area contributed by atoms with Crippen LogP contribution >= 0.6 is 0 Å². The van der Waals surface area contributed by atoms with Crippen molar-refractivity contribution in [3.63, 3.8) is 0 Å². The molecule has 0 aliphatic rings. The number of methoxy groups -OCH3 is 1. The molecule has 0 aliphatic carbocycles. The molecule has 0 atom stereocenters. The van der Waals surface area contributed by atoms with Gasteiger partial charge in [0, 0.05) is 12.1 Å². The summed E-state index contributed by atoms with van der Waals surface area (Å²) in [6, 6.07) is 1.72. The Labute approximate surface area is 97.2 Å². The molecule has 0 radical (unpaired) electrons. The zero-order valence-electron chi connectivity index (χ0n) is 9.27. The average Bonchev–Trinajstić information content (AvgIpc) is 2.99. The Morgan fingerprint density at radius 1 is 1.59 bits per heavy atom. The number of nitrogens with one attached hydrogen (secondary N) is 2. The number of rotatable bonds is 5. The zero-order valence-corrected chi connectivity index (χ0v) is 9.27. The second kappa shape index (κ2) is 5.26. The minimum absolute atomic E-state index is 0.220. The lowest BCUT2D eigenvalue weighted by Crippen LogP contribution is -2.15. The normalized spacial score (nSPS) is 10.4. The predicted octanol–water partition coefficient (Wildman–Crippen LogP) is 0.474. The van der Waals surface area contributed by atoms with E-state index in [2.05, 4.69) is 25.2 Å². The third-order valence-electron chi connectivity index (χ3n) is 2.19. The summed E-state index contributed by atoms with van der Waals surface area (Å²) in [5.41, 5.74) is 0.747. The molecular formula is C10H12N4O3. The molecule has 2 aromatic rings. The summed E-state index contributed by atoms with van der Waals surface area (Å²) in [5.74, 6) is 0.470. The molecule has 7 nitrogen and oxygen atoms in total. The summed E-state index contributed by atoms with van der Waals surface area (Å²) >= 11 is 0. The quantitative estimate of drug-likeness (QED) is 0.733. The molecule has 2 rings (SSSR count). The molecule has 7 heteroatoms. The van der Waals surface area contributed by atoms with E-state index < -0.39 is 5.97 Å². The largest absolute Gasteiger partial charge is 0.463 e. The lowest BCUT2D eigenvalue weighted by molar-refractivity contribution is 0.0563. The van der Waals surface area contributed by atoms with E-state index in [1.165, 1.54) is 19.7 Å². The Hall–Kier alpha value is -2.15. The van der Waals surface area contributed by atoms with Gasteiger partial charge < -0.3 is 14.5 Å². The Morgan fingerprint density at radius 2 is 2.47 bits per heavy atom. The molecule has 2 heterocycles. The highest BCUT2D eigenvalue weighted by molar-refractivity contribution is 5.87. The first kappa shape index (κ1) is 11.3. The van der Waals surface area contributed by atoms with Crippen LogP contribution in [-0.4, -0.2) is 28.3 Å². The van der Waals surface area contributed by atoms with Crippen LogP contribution in [0.2, 0.25) is 0 Å². The molecule has 0 unspecified atom stereocenters. The van der Waals surface area contributed by atoms with E-state index >= 15 is 0 Å². The summed E-state index contributed by atoms with van der Waals surface area (Å²) < 4.78 is 9.65. The number of nitrogens with zero attached hydrogens (tertiary/aromatic N) is 2. The standard InChI is InChI=1S/C10H12N4O3/c1-16-10(15)9-7(2-3-17-9)4-11-5-8-12-6-13-14-8/h2-3,6,11H,4-5H2,1H3,(H,12,13,14). The molecule has 0 aromatic carbocycles. The highest BCUT2D eigenvalue weighted by Crippen LogP contribution is 2.11. The second-order valence-electron chi connectivity index (χ2n) is 3.30. The van der Waals surface area contributed by atoms with Crippen molar-refractivity contribution < 1.29 is 13.9 Å². The van der Waals surface area contributed by atoms with Crippen LogP contribution in [0.5, 0.6) is 0 Å². The van der Waals surface area contributed by atoms with Gasteiger partial charge in [0.15, 0.2) is 0 Å². The van der Waals surface area contributed by atoms with Gasteiger partial charge in [0.05, 0.1) is 19.9 Å². The summed E-state index contributed by atoms with van der Waals surface area (Å²) in [6.45, 7) is 1.02. The minimum atomic E-state index is -0.480. The monoisotopic (exact) mass is 236 g/mol. The van der Waals surface area contributed by atoms with Gasteiger partial charge in [-0.1, -0.05) is 0 Å². The molecule has 90 valence electrons. The molecule has 0 aliphatic heterocycles. The van der Waals surface area contributed by atoms with Gasteiger partial charge in [-0.25, -0.2) is 9.78 Å². The number of aromatic nitrogens is 3. The topological polar surface area (TPSA) is 93.0 Å². The number of aromatic amines is 1. The molecule has 0 fully saturated rings. The smallest absolute Gasteiger partial charge is 0.374 e. The third kappa shape index (κ3) is 2.70. The van der Waals surface area contributed by atoms with E-state index in [1.54, 1.807) is 6.07 Å². The van der Waals surface area contributed by atoms with E-state index in [-0.39, 0.29) is 5.76 Å². The molecule has 0 amide bonds. The number of esters is 1. The van der Waals surface area contributed by atoms with Crippen molar-refractivity contribution in [2.75, 3.05) is 7.11 Å².